The Morgan fingerprint density at radius 1 is 0.433 bits per heavy atom. The van der Waals surface area contributed by atoms with Crippen LogP contribution < -0.4 is 0 Å². The molecule has 6 rings (SSSR count). The van der Waals surface area contributed by atoms with E-state index in [1.807, 2.05) is 0 Å². The van der Waals surface area contributed by atoms with Crippen LogP contribution in [0.15, 0.2) is 58.5 Å². The summed E-state index contributed by atoms with van der Waals surface area (Å²) in [5.74, 6) is 8.94. The Hall–Kier alpha value is -1.96. The van der Waals surface area contributed by atoms with E-state index in [0.717, 1.165) is 58.7 Å². The molecule has 0 aliphatic heterocycles. The molecule has 4 fully saturated rings. The van der Waals surface area contributed by atoms with E-state index in [0.29, 0.717) is 11.8 Å². The number of hydrogen-bond donors (Lipinski definition) is 0. The molecule has 0 saturated heterocycles. The molecule has 4 aliphatic carbocycles. The van der Waals surface area contributed by atoms with Crippen molar-refractivity contribution in [2.45, 2.75) is 218 Å². The van der Waals surface area contributed by atoms with E-state index in [1.165, 1.54) is 204 Å². The third kappa shape index (κ3) is 15.1. The van der Waals surface area contributed by atoms with E-state index in [-0.39, 0.29) is 0 Å². The summed E-state index contributed by atoms with van der Waals surface area (Å²) < 4.78 is 0. The number of hydrogen-bond acceptors (Lipinski definition) is 4. The van der Waals surface area contributed by atoms with Gasteiger partial charge in [0.2, 0.25) is 0 Å². The molecule has 2 aromatic carbocycles. The number of thiocarbonyl (C=S) groups is 2. The average molecular weight is 849 g/mol. The van der Waals surface area contributed by atoms with Crippen LogP contribution in [0, 0.1) is 47.3 Å². The van der Waals surface area contributed by atoms with Crippen LogP contribution in [0.25, 0.3) is 0 Å². The fourth-order valence-corrected chi connectivity index (χ4v) is 13.5. The molecule has 4 aliphatic rings. The zero-order chi connectivity index (χ0) is 41.8. The first-order chi connectivity index (χ1) is 29.6. The molecule has 2 aromatic rings. The summed E-state index contributed by atoms with van der Waals surface area (Å²) in [6.07, 6.45) is 43.6. The van der Waals surface area contributed by atoms with Gasteiger partial charge in [0.15, 0.2) is 0 Å². The molecule has 2 atom stereocenters. The summed E-state index contributed by atoms with van der Waals surface area (Å²) in [7, 11) is 0. The monoisotopic (exact) mass is 849 g/mol. The van der Waals surface area contributed by atoms with E-state index in [9.17, 15) is 0 Å². The smallest absolute Gasteiger partial charge is 0.0739 e. The van der Waals surface area contributed by atoms with Crippen LogP contribution in [0.2, 0.25) is 0 Å². The first-order valence-corrected chi connectivity index (χ1v) is 26.7. The van der Waals surface area contributed by atoms with Gasteiger partial charge in [0, 0.05) is 0 Å². The Morgan fingerprint density at radius 2 is 0.767 bits per heavy atom. The second-order valence-corrected chi connectivity index (χ2v) is 21.2. The van der Waals surface area contributed by atoms with Gasteiger partial charge in [-0.3, -0.25) is 0 Å². The van der Waals surface area contributed by atoms with Gasteiger partial charge in [-0.25, -0.2) is 0 Å². The quantitative estimate of drug-likeness (QED) is 0.0632. The van der Waals surface area contributed by atoms with Gasteiger partial charge in [-0.1, -0.05) is 154 Å². The summed E-state index contributed by atoms with van der Waals surface area (Å²) >= 11 is 9.76. The van der Waals surface area contributed by atoms with Crippen molar-refractivity contribution in [3.63, 3.8) is 0 Å². The molecule has 4 heteroatoms. The number of nitrogens with zero attached hydrogens (tertiary/aromatic N) is 2. The van der Waals surface area contributed by atoms with Crippen molar-refractivity contribution in [2.75, 3.05) is 0 Å². The van der Waals surface area contributed by atoms with Crippen LogP contribution in [0.5, 0.6) is 0 Å². The predicted molar refractivity (Wildman–Crippen MR) is 266 cm³/mol. The van der Waals surface area contributed by atoms with Crippen molar-refractivity contribution in [1.29, 1.82) is 0 Å². The number of rotatable bonds is 23. The van der Waals surface area contributed by atoms with Crippen LogP contribution in [0.1, 0.15) is 229 Å². The topological polar surface area (TPSA) is 24.7 Å². The highest BCUT2D eigenvalue weighted by Gasteiger charge is 2.41. The van der Waals surface area contributed by atoms with E-state index in [2.05, 4.69) is 82.7 Å². The average Bonchev–Trinajstić information content (AvgIpc) is 3.29. The lowest BCUT2D eigenvalue weighted by atomic mass is 9.59. The maximum absolute atomic E-state index is 4.89. The molecule has 0 aromatic heterocycles. The van der Waals surface area contributed by atoms with Crippen LogP contribution in [-0.4, -0.2) is 10.3 Å². The van der Waals surface area contributed by atoms with Gasteiger partial charge in [0.1, 0.15) is 0 Å². The zero-order valence-electron chi connectivity index (χ0n) is 38.3. The zero-order valence-corrected chi connectivity index (χ0v) is 39.9. The Morgan fingerprint density at radius 3 is 1.20 bits per heavy atom. The molecular formula is C56H84N2S2. The minimum atomic E-state index is 0.692. The lowest BCUT2D eigenvalue weighted by Crippen LogP contribution is -2.36. The van der Waals surface area contributed by atoms with Gasteiger partial charge in [-0.2, -0.15) is 9.98 Å². The van der Waals surface area contributed by atoms with Crippen molar-refractivity contribution in [2.24, 2.45) is 57.3 Å². The molecule has 0 N–H and O–H groups in total. The molecule has 330 valence electrons. The molecule has 0 spiro atoms. The number of isothiocyanates is 2. The van der Waals surface area contributed by atoms with Gasteiger partial charge in [-0.15, -0.1) is 0 Å². The van der Waals surface area contributed by atoms with Crippen molar-refractivity contribution in [1.82, 2.24) is 0 Å². The van der Waals surface area contributed by atoms with Crippen molar-refractivity contribution >= 4 is 46.1 Å². The molecule has 60 heavy (non-hydrogen) atoms. The Kier molecular flexibility index (Phi) is 21.1. The first-order valence-electron chi connectivity index (χ1n) is 25.9. The van der Waals surface area contributed by atoms with E-state index < -0.39 is 0 Å². The van der Waals surface area contributed by atoms with Gasteiger partial charge in [-0.05, 0) is 196 Å². The van der Waals surface area contributed by atoms with Gasteiger partial charge < -0.3 is 0 Å². The highest BCUT2D eigenvalue weighted by molar-refractivity contribution is 7.78. The van der Waals surface area contributed by atoms with Crippen molar-refractivity contribution in [3.8, 4) is 0 Å². The SMILES string of the molecule is CCCCCCCCC1CCC(CC(C2CCC(c3ccc(N=C=S)cc3)CC2)C(CC2CCC(c3ccc(N=C=S)cc3)CC2)C2CCC(CCCCCC)CC2)CC1. The third-order valence-corrected chi connectivity index (χ3v) is 17.1. The minimum absolute atomic E-state index is 0.692. The summed E-state index contributed by atoms with van der Waals surface area (Å²) in [6, 6.07) is 17.9. The fourth-order valence-electron chi connectivity index (χ4n) is 13.3. The molecule has 0 amide bonds. The highest BCUT2D eigenvalue weighted by Crippen LogP contribution is 2.52. The normalized spacial score (nSPS) is 28.2. The van der Waals surface area contributed by atoms with Crippen molar-refractivity contribution in [3.05, 3.63) is 59.7 Å². The van der Waals surface area contributed by atoms with Gasteiger partial charge >= 0.3 is 0 Å². The second kappa shape index (κ2) is 26.6. The van der Waals surface area contributed by atoms with Crippen molar-refractivity contribution < 1.29 is 0 Å². The lowest BCUT2D eigenvalue weighted by molar-refractivity contribution is 0.0446. The van der Waals surface area contributed by atoms with Gasteiger partial charge in [0.25, 0.3) is 0 Å². The molecule has 0 bridgehead atoms. The predicted octanol–water partition coefficient (Wildman–Crippen LogP) is 18.7. The fraction of sp³-hybridized carbons (Fsp3) is 0.750. The second-order valence-electron chi connectivity index (χ2n) is 20.8. The van der Waals surface area contributed by atoms with Crippen LogP contribution in [-0.2, 0) is 0 Å². The maximum Gasteiger partial charge on any atom is 0.0739 e. The summed E-state index contributed by atoms with van der Waals surface area (Å²) in [6.45, 7) is 4.69. The lowest BCUT2D eigenvalue weighted by Gasteiger charge is -2.46. The Labute approximate surface area is 379 Å². The molecule has 2 unspecified atom stereocenters. The molecule has 2 nitrogen and oxygen atoms in total. The molecular weight excluding hydrogens is 765 g/mol. The van der Waals surface area contributed by atoms with Crippen LogP contribution in [0.4, 0.5) is 11.4 Å². The van der Waals surface area contributed by atoms with Gasteiger partial charge in [0.05, 0.1) is 21.7 Å². The number of benzene rings is 2. The van der Waals surface area contributed by atoms with Crippen LogP contribution >= 0.6 is 24.4 Å². The Bertz CT molecular complexity index is 1560. The first kappa shape index (κ1) is 47.5. The molecule has 4 saturated carbocycles. The largest absolute Gasteiger partial charge is 0.195 e. The highest BCUT2D eigenvalue weighted by atomic mass is 32.1. The summed E-state index contributed by atoms with van der Waals surface area (Å²) in [4.78, 5) is 8.46. The molecule has 0 radical (unpaired) electrons. The molecule has 0 heterocycles. The number of aliphatic imine (C=N–C) groups is 2. The summed E-state index contributed by atoms with van der Waals surface area (Å²) in [5, 5.41) is 5.09. The third-order valence-electron chi connectivity index (χ3n) is 17.0. The minimum Gasteiger partial charge on any atom is -0.195 e. The number of unbranched alkanes of at least 4 members (excludes halogenated alkanes) is 8. The summed E-state index contributed by atoms with van der Waals surface area (Å²) in [5.41, 5.74) is 4.89. The maximum atomic E-state index is 4.89. The van der Waals surface area contributed by atoms with Crippen LogP contribution in [0.3, 0.4) is 0 Å². The standard InChI is InChI=1S/C56H84N2S2/c1-3-5-7-9-10-12-14-43-15-17-45(18-16-43)39-56(52-29-27-48(28-30-52)50-33-37-54(38-34-50)58-42-60)55(51-25-19-44(20-26-51)13-11-8-6-4-2)40-46-21-23-47(24-22-46)49-31-35-53(36-32-49)57-41-59/h31-38,43-48,51-52,55-56H,3-30,39-40H2,1-2H3. The Balaban J connectivity index is 1.15. The van der Waals surface area contributed by atoms with E-state index in [4.69, 9.17) is 24.4 Å². The van der Waals surface area contributed by atoms with E-state index >= 15 is 0 Å². The van der Waals surface area contributed by atoms with E-state index in [1.54, 1.807) is 0 Å².